The van der Waals surface area contributed by atoms with E-state index in [9.17, 15) is 9.90 Å². The predicted molar refractivity (Wildman–Crippen MR) is 208 cm³/mol. The number of carbonyl (C=O) groups excluding carboxylic acids is 3. The fourth-order valence-electron chi connectivity index (χ4n) is 8.82. The van der Waals surface area contributed by atoms with Crippen molar-refractivity contribution in [3.8, 4) is 0 Å². The van der Waals surface area contributed by atoms with Crippen LogP contribution in [0.1, 0.15) is 32.8 Å². The number of hydrogen-bond acceptors (Lipinski definition) is 6. The Morgan fingerprint density at radius 1 is 0.882 bits per heavy atom. The quantitative estimate of drug-likeness (QED) is 0.189. The summed E-state index contributed by atoms with van der Waals surface area (Å²) in [6.45, 7) is 16.2. The van der Waals surface area contributed by atoms with Gasteiger partial charge in [0.15, 0.2) is 0 Å². The van der Waals surface area contributed by atoms with Crippen molar-refractivity contribution in [3.63, 3.8) is 0 Å². The summed E-state index contributed by atoms with van der Waals surface area (Å²) in [4.78, 5) is 52.7. The Morgan fingerprint density at radius 3 is 2.00 bits per heavy atom. The van der Waals surface area contributed by atoms with Gasteiger partial charge < -0.3 is 24.7 Å². The summed E-state index contributed by atoms with van der Waals surface area (Å²) in [6.07, 6.45) is 4.51. The second-order valence-corrected chi connectivity index (χ2v) is 15.4. The van der Waals surface area contributed by atoms with Crippen LogP contribution in [0.5, 0.6) is 0 Å². The van der Waals surface area contributed by atoms with Crippen molar-refractivity contribution in [1.82, 2.24) is 4.90 Å². The van der Waals surface area contributed by atoms with Gasteiger partial charge in [-0.25, -0.2) is 0 Å². The highest BCUT2D eigenvalue weighted by Crippen LogP contribution is 2.69. The van der Waals surface area contributed by atoms with Gasteiger partial charge in [0.1, 0.15) is 6.04 Å². The topological polar surface area (TPSA) is 84.4 Å². The van der Waals surface area contributed by atoms with Gasteiger partial charge in [0.2, 0.25) is 11.8 Å². The number of thioether (sulfide) groups is 1. The number of amides is 3. The van der Waals surface area contributed by atoms with Gasteiger partial charge in [0, 0.05) is 48.5 Å². The molecule has 268 valence electrons. The molecule has 1 spiro atoms. The summed E-state index contributed by atoms with van der Waals surface area (Å²) in [6, 6.07) is 25.7. The molecule has 3 aliphatic rings. The zero-order chi connectivity index (χ0) is 36.3. The van der Waals surface area contributed by atoms with E-state index >= 15 is 9.59 Å². The molecule has 3 aliphatic heterocycles. The van der Waals surface area contributed by atoms with E-state index in [2.05, 4.69) is 38.8 Å². The monoisotopic (exact) mass is 706 g/mol. The van der Waals surface area contributed by atoms with Crippen LogP contribution >= 0.6 is 11.8 Å². The SMILES string of the molecule is C=CCN(C(=O)C1N([C@@H](CO)Cc2ccccc2)C(=O)[C@@H]2[C@@H](C(=O)N(CC=C)c3ccccc3)[C@H]3CC(C)C12S3)c1ccc(N(CC)CC)cc1. The third kappa shape index (κ3) is 6.40. The van der Waals surface area contributed by atoms with Crippen molar-refractivity contribution in [2.75, 3.05) is 47.5 Å². The van der Waals surface area contributed by atoms with Gasteiger partial charge in [-0.2, -0.15) is 0 Å². The van der Waals surface area contributed by atoms with Crippen molar-refractivity contribution >= 4 is 46.5 Å². The maximum Gasteiger partial charge on any atom is 0.251 e. The molecule has 0 saturated carbocycles. The molecule has 7 atom stereocenters. The zero-order valence-electron chi connectivity index (χ0n) is 29.9. The normalized spacial score (nSPS) is 25.3. The zero-order valence-corrected chi connectivity index (χ0v) is 30.8. The lowest BCUT2D eigenvalue weighted by molar-refractivity contribution is -0.141. The molecule has 3 aromatic rings. The van der Waals surface area contributed by atoms with E-state index in [1.54, 1.807) is 38.6 Å². The smallest absolute Gasteiger partial charge is 0.251 e. The summed E-state index contributed by atoms with van der Waals surface area (Å²) in [7, 11) is 0. The van der Waals surface area contributed by atoms with Crippen molar-refractivity contribution in [2.24, 2.45) is 17.8 Å². The molecule has 0 aromatic heterocycles. The lowest BCUT2D eigenvalue weighted by Gasteiger charge is -2.42. The lowest BCUT2D eigenvalue weighted by Crippen LogP contribution is -2.59. The van der Waals surface area contributed by atoms with Crippen LogP contribution < -0.4 is 14.7 Å². The third-order valence-electron chi connectivity index (χ3n) is 11.1. The van der Waals surface area contributed by atoms with Crippen LogP contribution in [-0.2, 0) is 20.8 Å². The summed E-state index contributed by atoms with van der Waals surface area (Å²) in [5.41, 5.74) is 3.48. The van der Waals surface area contributed by atoms with Crippen LogP contribution in [0.3, 0.4) is 0 Å². The summed E-state index contributed by atoms with van der Waals surface area (Å²) < 4.78 is -0.861. The Hall–Kier alpha value is -4.34. The van der Waals surface area contributed by atoms with Crippen molar-refractivity contribution < 1.29 is 19.5 Å². The number of benzene rings is 3. The van der Waals surface area contributed by atoms with Crippen LogP contribution in [-0.4, -0.2) is 82.6 Å². The van der Waals surface area contributed by atoms with Crippen molar-refractivity contribution in [2.45, 2.75) is 55.7 Å². The van der Waals surface area contributed by atoms with Crippen LogP contribution in [0.2, 0.25) is 0 Å². The average Bonchev–Trinajstić information content (AvgIpc) is 3.76. The second-order valence-electron chi connectivity index (χ2n) is 13.8. The highest BCUT2D eigenvalue weighted by atomic mass is 32.2. The molecule has 3 unspecified atom stereocenters. The number of carbonyl (C=O) groups is 3. The first-order valence-electron chi connectivity index (χ1n) is 18.1. The number of para-hydroxylation sites is 1. The molecule has 6 rings (SSSR count). The van der Waals surface area contributed by atoms with Crippen LogP contribution in [0, 0.1) is 17.8 Å². The minimum Gasteiger partial charge on any atom is -0.394 e. The number of aliphatic hydroxyl groups is 1. The summed E-state index contributed by atoms with van der Waals surface area (Å²) in [5.74, 6) is -1.96. The lowest BCUT2D eigenvalue weighted by atomic mass is 9.65. The molecule has 51 heavy (non-hydrogen) atoms. The average molecular weight is 707 g/mol. The first-order valence-corrected chi connectivity index (χ1v) is 19.0. The van der Waals surface area contributed by atoms with Gasteiger partial charge in [0.05, 0.1) is 29.2 Å². The molecular weight excluding hydrogens is 657 g/mol. The number of rotatable bonds is 15. The highest BCUT2D eigenvalue weighted by molar-refractivity contribution is 8.02. The van der Waals surface area contributed by atoms with E-state index in [4.69, 9.17) is 0 Å². The van der Waals surface area contributed by atoms with Gasteiger partial charge in [0.25, 0.3) is 5.91 Å². The maximum atomic E-state index is 15.4. The molecule has 3 heterocycles. The van der Waals surface area contributed by atoms with E-state index in [1.165, 1.54) is 0 Å². The summed E-state index contributed by atoms with van der Waals surface area (Å²) >= 11 is 1.65. The van der Waals surface area contributed by atoms with Crippen molar-refractivity contribution in [1.29, 1.82) is 0 Å². The van der Waals surface area contributed by atoms with Crippen molar-refractivity contribution in [3.05, 3.63) is 116 Å². The van der Waals surface area contributed by atoms with Gasteiger partial charge in [-0.3, -0.25) is 14.4 Å². The van der Waals surface area contributed by atoms with Crippen LogP contribution in [0.4, 0.5) is 17.1 Å². The molecule has 9 heteroatoms. The predicted octanol–water partition coefficient (Wildman–Crippen LogP) is 6.21. The molecule has 0 aliphatic carbocycles. The Balaban J connectivity index is 1.46. The number of fused-ring (bicyclic) bond motifs is 1. The largest absolute Gasteiger partial charge is 0.394 e. The van der Waals surface area contributed by atoms with E-state index in [0.29, 0.717) is 25.1 Å². The minimum atomic E-state index is -0.898. The Kier molecular flexibility index (Phi) is 11.1. The Labute approximate surface area is 306 Å². The minimum absolute atomic E-state index is 0.0271. The standard InChI is InChI=1S/C42H50N4O4S/c1-6-24-44(32-18-14-11-15-19-32)39(48)36-35-26-29(5)42(51-35)37(36)40(49)46(34(28-47)27-30-16-12-10-13-17-30)38(42)41(50)45(25-7-2)33-22-20-31(21-23-33)43(8-3)9-4/h6-7,10-23,29,34-38,47H,1-2,8-9,24-28H2,3-5H3/t29?,34-,35-,36+,37+,38?,42?/m1/s1. The molecule has 3 aromatic carbocycles. The third-order valence-corrected chi connectivity index (χ3v) is 13.2. The number of likely N-dealkylation sites (tertiary alicyclic amines) is 1. The van der Waals surface area contributed by atoms with E-state index < -0.39 is 28.7 Å². The number of anilines is 3. The number of hydrogen-bond donors (Lipinski definition) is 1. The molecule has 0 radical (unpaired) electrons. The molecule has 3 saturated heterocycles. The number of nitrogens with zero attached hydrogens (tertiary/aromatic N) is 4. The van der Waals surface area contributed by atoms with E-state index in [1.807, 2.05) is 84.9 Å². The fraction of sp³-hybridized carbons (Fsp3) is 0.405. The Bertz CT molecular complexity index is 1720. The van der Waals surface area contributed by atoms with Gasteiger partial charge in [-0.15, -0.1) is 24.9 Å². The highest BCUT2D eigenvalue weighted by Gasteiger charge is 2.77. The van der Waals surface area contributed by atoms with E-state index in [0.717, 1.165) is 30.0 Å². The molecule has 2 bridgehead atoms. The first kappa shape index (κ1) is 36.5. The number of aliphatic hydroxyl groups excluding tert-OH is 1. The molecule has 1 N–H and O–H groups in total. The van der Waals surface area contributed by atoms with Crippen LogP contribution in [0.25, 0.3) is 0 Å². The van der Waals surface area contributed by atoms with Gasteiger partial charge >= 0.3 is 0 Å². The fourth-order valence-corrected chi connectivity index (χ4v) is 11.2. The molecule has 8 nitrogen and oxygen atoms in total. The first-order chi connectivity index (χ1) is 24.7. The molecule has 3 fully saturated rings. The van der Waals surface area contributed by atoms with Gasteiger partial charge in [-0.1, -0.05) is 67.6 Å². The maximum absolute atomic E-state index is 15.4. The molecular formula is C42H50N4O4S. The van der Waals surface area contributed by atoms with Crippen LogP contribution in [0.15, 0.2) is 110 Å². The molecule has 3 amide bonds. The van der Waals surface area contributed by atoms with Gasteiger partial charge in [-0.05, 0) is 74.6 Å². The second kappa shape index (κ2) is 15.5. The summed E-state index contributed by atoms with van der Waals surface area (Å²) in [5, 5.41) is 10.9. The van der Waals surface area contributed by atoms with E-state index in [-0.39, 0.29) is 42.0 Å². The Morgan fingerprint density at radius 2 is 1.43 bits per heavy atom.